The summed E-state index contributed by atoms with van der Waals surface area (Å²) in [6, 6.07) is 0. The Kier molecular flexibility index (Phi) is 7.62. The van der Waals surface area contributed by atoms with Crippen LogP contribution in [-0.2, 0) is 24.1 Å². The molecule has 7 heteroatoms. The van der Waals surface area contributed by atoms with Crippen LogP contribution in [0.15, 0.2) is 0 Å². The van der Waals surface area contributed by atoms with E-state index in [4.69, 9.17) is 0 Å². The number of hydrogen-bond donors (Lipinski definition) is 1. The predicted molar refractivity (Wildman–Crippen MR) is 78.6 cm³/mol. The van der Waals surface area contributed by atoms with Gasteiger partial charge in [0.2, 0.25) is 0 Å². The van der Waals surface area contributed by atoms with Crippen molar-refractivity contribution >= 4 is 11.3 Å². The van der Waals surface area contributed by atoms with E-state index in [0.717, 1.165) is 30.2 Å². The molecule has 1 aromatic heterocycles. The van der Waals surface area contributed by atoms with Gasteiger partial charge in [0, 0.05) is 17.8 Å². The van der Waals surface area contributed by atoms with E-state index in [0.29, 0.717) is 12.3 Å². The molecule has 0 fully saturated rings. The number of alkyl halides is 3. The second-order valence-electron chi connectivity index (χ2n) is 5.27. The topological polar surface area (TPSA) is 34.1 Å². The molecule has 1 N–H and O–H groups in total. The molecule has 0 saturated carbocycles. The van der Waals surface area contributed by atoms with Gasteiger partial charge >= 0.3 is 6.18 Å². The molecule has 0 aliphatic heterocycles. The minimum absolute atomic E-state index is 0.0504. The minimum atomic E-state index is -4.26. The molecule has 0 unspecified atom stereocenters. The molecule has 21 heavy (non-hydrogen) atoms. The van der Waals surface area contributed by atoms with E-state index in [-0.39, 0.29) is 6.61 Å². The number of rotatable bonds is 9. The van der Waals surface area contributed by atoms with E-state index < -0.39 is 12.8 Å². The van der Waals surface area contributed by atoms with E-state index in [1.807, 2.05) is 6.92 Å². The fourth-order valence-corrected chi connectivity index (χ4v) is 2.86. The number of ether oxygens (including phenoxy) is 1. The SMILES string of the molecule is CCNCc1sc(CCOCC(F)(F)F)nc1CC(C)C. The van der Waals surface area contributed by atoms with Crippen molar-refractivity contribution in [3.8, 4) is 0 Å². The molecule has 0 aliphatic rings. The van der Waals surface area contributed by atoms with Crippen LogP contribution in [-0.4, -0.2) is 30.9 Å². The molecule has 0 saturated heterocycles. The van der Waals surface area contributed by atoms with Crippen LogP contribution in [0.1, 0.15) is 36.3 Å². The summed E-state index contributed by atoms with van der Waals surface area (Å²) in [6.45, 7) is 6.79. The molecule has 122 valence electrons. The zero-order valence-electron chi connectivity index (χ0n) is 12.7. The Labute approximate surface area is 127 Å². The quantitative estimate of drug-likeness (QED) is 0.705. The summed E-state index contributed by atoms with van der Waals surface area (Å²) in [7, 11) is 0. The fourth-order valence-electron chi connectivity index (χ4n) is 1.81. The molecule has 0 radical (unpaired) electrons. The highest BCUT2D eigenvalue weighted by Crippen LogP contribution is 2.22. The lowest BCUT2D eigenvalue weighted by Crippen LogP contribution is -2.17. The first kappa shape index (κ1) is 18.4. The summed E-state index contributed by atoms with van der Waals surface area (Å²) in [4.78, 5) is 5.73. The highest BCUT2D eigenvalue weighted by molar-refractivity contribution is 7.11. The summed E-state index contributed by atoms with van der Waals surface area (Å²) in [5.74, 6) is 0.502. The number of aromatic nitrogens is 1. The van der Waals surface area contributed by atoms with Gasteiger partial charge in [0.15, 0.2) is 0 Å². The number of nitrogens with one attached hydrogen (secondary N) is 1. The van der Waals surface area contributed by atoms with Gasteiger partial charge in [-0.1, -0.05) is 20.8 Å². The molecular weight excluding hydrogens is 301 g/mol. The maximum Gasteiger partial charge on any atom is 0.411 e. The number of hydrogen-bond acceptors (Lipinski definition) is 4. The average Bonchev–Trinajstić information content (AvgIpc) is 2.72. The van der Waals surface area contributed by atoms with Gasteiger partial charge in [0.05, 0.1) is 17.3 Å². The molecule has 3 nitrogen and oxygen atoms in total. The van der Waals surface area contributed by atoms with E-state index in [1.165, 1.54) is 4.88 Å². The highest BCUT2D eigenvalue weighted by atomic mass is 32.1. The molecule has 1 heterocycles. The lowest BCUT2D eigenvalue weighted by molar-refractivity contribution is -0.173. The molecule has 0 bridgehead atoms. The van der Waals surface area contributed by atoms with Gasteiger partial charge in [-0.25, -0.2) is 4.98 Å². The summed E-state index contributed by atoms with van der Waals surface area (Å²) < 4.78 is 40.6. The summed E-state index contributed by atoms with van der Waals surface area (Å²) in [6.07, 6.45) is -2.94. The average molecular weight is 324 g/mol. The van der Waals surface area contributed by atoms with E-state index >= 15 is 0 Å². The zero-order valence-corrected chi connectivity index (χ0v) is 13.5. The van der Waals surface area contributed by atoms with Crippen LogP contribution in [0.5, 0.6) is 0 Å². The van der Waals surface area contributed by atoms with Gasteiger partial charge in [-0.05, 0) is 18.9 Å². The molecule has 0 aliphatic carbocycles. The maximum absolute atomic E-state index is 12.0. The summed E-state index contributed by atoms with van der Waals surface area (Å²) in [5.41, 5.74) is 1.06. The van der Waals surface area contributed by atoms with Gasteiger partial charge in [0.1, 0.15) is 6.61 Å². The van der Waals surface area contributed by atoms with Crippen LogP contribution in [0.25, 0.3) is 0 Å². The first-order chi connectivity index (χ1) is 9.81. The summed E-state index contributed by atoms with van der Waals surface area (Å²) in [5, 5.41) is 4.12. The lowest BCUT2D eigenvalue weighted by Gasteiger charge is -2.06. The van der Waals surface area contributed by atoms with Crippen LogP contribution in [0, 0.1) is 5.92 Å². The Morgan fingerprint density at radius 3 is 2.62 bits per heavy atom. The van der Waals surface area contributed by atoms with Crippen LogP contribution >= 0.6 is 11.3 Å². The Hall–Kier alpha value is -0.660. The molecule has 1 rings (SSSR count). The Morgan fingerprint density at radius 1 is 1.33 bits per heavy atom. The van der Waals surface area contributed by atoms with Crippen LogP contribution < -0.4 is 5.32 Å². The second-order valence-corrected chi connectivity index (χ2v) is 6.44. The van der Waals surface area contributed by atoms with Gasteiger partial charge in [-0.3, -0.25) is 0 Å². The third-order valence-electron chi connectivity index (χ3n) is 2.69. The minimum Gasteiger partial charge on any atom is -0.372 e. The van der Waals surface area contributed by atoms with Crippen LogP contribution in [0.3, 0.4) is 0 Å². The van der Waals surface area contributed by atoms with Crippen molar-refractivity contribution in [1.29, 1.82) is 0 Å². The fraction of sp³-hybridized carbons (Fsp3) is 0.786. The van der Waals surface area contributed by atoms with Crippen molar-refractivity contribution < 1.29 is 17.9 Å². The molecule has 0 aromatic carbocycles. The molecular formula is C14H23F3N2OS. The zero-order chi connectivity index (χ0) is 15.9. The van der Waals surface area contributed by atoms with Gasteiger partial charge in [-0.15, -0.1) is 11.3 Å². The standard InChI is InChI=1S/C14H23F3N2OS/c1-4-18-8-12-11(7-10(2)3)19-13(21-12)5-6-20-9-14(15,16)17/h10,18H,4-9H2,1-3H3. The van der Waals surface area contributed by atoms with Crippen molar-refractivity contribution in [1.82, 2.24) is 10.3 Å². The lowest BCUT2D eigenvalue weighted by atomic mass is 10.1. The van der Waals surface area contributed by atoms with Crippen molar-refractivity contribution in [2.24, 2.45) is 5.92 Å². The first-order valence-electron chi connectivity index (χ1n) is 7.14. The van der Waals surface area contributed by atoms with E-state index in [1.54, 1.807) is 11.3 Å². The Morgan fingerprint density at radius 2 is 2.05 bits per heavy atom. The van der Waals surface area contributed by atoms with Gasteiger partial charge in [-0.2, -0.15) is 13.2 Å². The Balaban J connectivity index is 2.55. The largest absolute Gasteiger partial charge is 0.411 e. The first-order valence-corrected chi connectivity index (χ1v) is 7.96. The van der Waals surface area contributed by atoms with Crippen molar-refractivity contribution in [2.45, 2.75) is 46.3 Å². The predicted octanol–water partition coefficient (Wildman–Crippen LogP) is 3.57. The highest BCUT2D eigenvalue weighted by Gasteiger charge is 2.27. The van der Waals surface area contributed by atoms with Crippen molar-refractivity contribution in [3.05, 3.63) is 15.6 Å². The molecule has 0 amide bonds. The van der Waals surface area contributed by atoms with Gasteiger partial charge < -0.3 is 10.1 Å². The molecule has 0 spiro atoms. The monoisotopic (exact) mass is 324 g/mol. The summed E-state index contributed by atoms with van der Waals surface area (Å²) >= 11 is 1.56. The maximum atomic E-state index is 12.0. The second kappa shape index (κ2) is 8.70. The number of thiazole rings is 1. The normalized spacial score (nSPS) is 12.3. The van der Waals surface area contributed by atoms with Crippen LogP contribution in [0.2, 0.25) is 0 Å². The van der Waals surface area contributed by atoms with Crippen LogP contribution in [0.4, 0.5) is 13.2 Å². The third-order valence-corrected chi connectivity index (χ3v) is 3.84. The number of nitrogens with zero attached hydrogens (tertiary/aromatic N) is 1. The van der Waals surface area contributed by atoms with E-state index in [2.05, 4.69) is 28.9 Å². The van der Waals surface area contributed by atoms with Crippen molar-refractivity contribution in [2.75, 3.05) is 19.8 Å². The number of halogens is 3. The van der Waals surface area contributed by atoms with Gasteiger partial charge in [0.25, 0.3) is 0 Å². The third kappa shape index (κ3) is 7.78. The molecule has 1 aromatic rings. The Bertz CT molecular complexity index is 419. The molecule has 0 atom stereocenters. The van der Waals surface area contributed by atoms with E-state index in [9.17, 15) is 13.2 Å². The smallest absolute Gasteiger partial charge is 0.372 e. The van der Waals surface area contributed by atoms with Crippen molar-refractivity contribution in [3.63, 3.8) is 0 Å².